The number of nitrogens with one attached hydrogen (secondary N) is 1. The Balaban J connectivity index is 1.93. The Bertz CT molecular complexity index is 766. The van der Waals surface area contributed by atoms with Crippen molar-refractivity contribution >= 4 is 22.7 Å². The number of hydrogen-bond donors (Lipinski definition) is 1. The van der Waals surface area contributed by atoms with Crippen LogP contribution in [0, 0.1) is 6.92 Å². The van der Waals surface area contributed by atoms with Gasteiger partial charge in [-0.2, -0.15) is 0 Å². The van der Waals surface area contributed by atoms with E-state index >= 15 is 0 Å². The first kappa shape index (κ1) is 14.0. The van der Waals surface area contributed by atoms with Crippen LogP contribution in [0.25, 0.3) is 10.9 Å². The molecule has 0 aliphatic heterocycles. The second kappa shape index (κ2) is 6.24. The van der Waals surface area contributed by atoms with Crippen LogP contribution >= 0.6 is 11.8 Å². The van der Waals surface area contributed by atoms with E-state index in [0.29, 0.717) is 0 Å². The summed E-state index contributed by atoms with van der Waals surface area (Å²) in [6.45, 7) is 3.04. The average Bonchev–Trinajstić information content (AvgIpc) is 2.51. The predicted octanol–water partition coefficient (Wildman–Crippen LogP) is 3.81. The van der Waals surface area contributed by atoms with Crippen LogP contribution in [0.3, 0.4) is 0 Å². The fourth-order valence-electron chi connectivity index (χ4n) is 2.29. The van der Waals surface area contributed by atoms with Crippen LogP contribution in [0.4, 0.5) is 0 Å². The maximum absolute atomic E-state index is 4.43. The molecule has 0 amide bonds. The van der Waals surface area contributed by atoms with Crippen molar-refractivity contribution in [3.8, 4) is 0 Å². The minimum absolute atomic E-state index is 0.896. The third kappa shape index (κ3) is 3.06. The largest absolute Gasteiger partial charge is 0.316 e. The number of hydrogen-bond acceptors (Lipinski definition) is 4. The van der Waals surface area contributed by atoms with E-state index in [2.05, 4.69) is 46.5 Å². The van der Waals surface area contributed by atoms with Crippen LogP contribution in [-0.4, -0.2) is 17.0 Å². The summed E-state index contributed by atoms with van der Waals surface area (Å²) in [6.07, 6.45) is 1.63. The summed E-state index contributed by atoms with van der Waals surface area (Å²) in [7, 11) is 1.97. The Morgan fingerprint density at radius 1 is 1.10 bits per heavy atom. The quantitative estimate of drug-likeness (QED) is 0.743. The van der Waals surface area contributed by atoms with E-state index in [0.717, 1.165) is 22.5 Å². The normalized spacial score (nSPS) is 11.0. The van der Waals surface area contributed by atoms with E-state index < -0.39 is 0 Å². The van der Waals surface area contributed by atoms with Crippen molar-refractivity contribution in [1.82, 2.24) is 15.3 Å². The molecule has 0 fully saturated rings. The van der Waals surface area contributed by atoms with Gasteiger partial charge < -0.3 is 5.32 Å². The minimum Gasteiger partial charge on any atom is -0.316 e. The number of para-hydroxylation sites is 1. The highest BCUT2D eigenvalue weighted by molar-refractivity contribution is 7.99. The monoisotopic (exact) mass is 295 g/mol. The summed E-state index contributed by atoms with van der Waals surface area (Å²) >= 11 is 1.69. The molecule has 106 valence electrons. The van der Waals surface area contributed by atoms with Gasteiger partial charge in [0.2, 0.25) is 0 Å². The van der Waals surface area contributed by atoms with E-state index in [-0.39, 0.29) is 0 Å². The van der Waals surface area contributed by atoms with Gasteiger partial charge in [0, 0.05) is 16.8 Å². The van der Waals surface area contributed by atoms with E-state index in [1.165, 1.54) is 16.0 Å². The van der Waals surface area contributed by atoms with E-state index in [1.807, 2.05) is 25.2 Å². The van der Waals surface area contributed by atoms with Crippen molar-refractivity contribution in [1.29, 1.82) is 0 Å². The third-order valence-electron chi connectivity index (χ3n) is 3.40. The number of aromatic nitrogens is 2. The molecular weight excluding hydrogens is 278 g/mol. The molecule has 3 aromatic rings. The highest BCUT2D eigenvalue weighted by Crippen LogP contribution is 2.31. The van der Waals surface area contributed by atoms with Gasteiger partial charge in [-0.25, -0.2) is 9.97 Å². The van der Waals surface area contributed by atoms with Gasteiger partial charge in [0.05, 0.1) is 5.52 Å². The summed E-state index contributed by atoms with van der Waals surface area (Å²) in [5.41, 5.74) is 3.61. The zero-order chi connectivity index (χ0) is 14.7. The van der Waals surface area contributed by atoms with Crippen molar-refractivity contribution < 1.29 is 0 Å². The van der Waals surface area contributed by atoms with Crippen LogP contribution in [0.5, 0.6) is 0 Å². The molecule has 0 atom stereocenters. The molecule has 0 aliphatic rings. The first-order chi connectivity index (χ1) is 10.3. The fourth-order valence-corrected chi connectivity index (χ4v) is 3.27. The van der Waals surface area contributed by atoms with Crippen LogP contribution in [0.15, 0.2) is 58.7 Å². The van der Waals surface area contributed by atoms with Gasteiger partial charge in [0.25, 0.3) is 0 Å². The predicted molar refractivity (Wildman–Crippen MR) is 87.6 cm³/mol. The molecule has 3 rings (SSSR count). The van der Waals surface area contributed by atoms with E-state index in [9.17, 15) is 0 Å². The zero-order valence-corrected chi connectivity index (χ0v) is 12.9. The zero-order valence-electron chi connectivity index (χ0n) is 12.1. The van der Waals surface area contributed by atoms with Crippen LogP contribution in [-0.2, 0) is 6.54 Å². The van der Waals surface area contributed by atoms with Gasteiger partial charge >= 0.3 is 0 Å². The van der Waals surface area contributed by atoms with Gasteiger partial charge in [-0.15, -0.1) is 0 Å². The van der Waals surface area contributed by atoms with E-state index in [1.54, 1.807) is 18.1 Å². The molecule has 1 aromatic heterocycles. The molecule has 0 unspecified atom stereocenters. The second-order valence-corrected chi connectivity index (χ2v) is 5.98. The maximum atomic E-state index is 4.43. The molecule has 21 heavy (non-hydrogen) atoms. The number of benzene rings is 2. The average molecular weight is 295 g/mol. The molecular formula is C17H17N3S. The molecule has 4 heteroatoms. The molecule has 0 saturated carbocycles. The molecule has 3 nitrogen and oxygen atoms in total. The lowest BCUT2D eigenvalue weighted by Gasteiger charge is -2.08. The molecule has 0 aliphatic carbocycles. The Kier molecular flexibility index (Phi) is 4.18. The van der Waals surface area contributed by atoms with Crippen LogP contribution < -0.4 is 5.32 Å². The standard InChI is InChI=1S/C17H17N3S/c1-12-9-14(8-7-13(12)10-18-2)21-17-15-5-3-4-6-16(15)19-11-20-17/h3-9,11,18H,10H2,1-2H3. The molecule has 0 saturated heterocycles. The lowest BCUT2D eigenvalue weighted by atomic mass is 10.1. The van der Waals surface area contributed by atoms with Gasteiger partial charge in [-0.05, 0) is 43.3 Å². The van der Waals surface area contributed by atoms with Crippen molar-refractivity contribution in [3.05, 3.63) is 59.9 Å². The summed E-state index contributed by atoms with van der Waals surface area (Å²) < 4.78 is 0. The SMILES string of the molecule is CNCc1ccc(Sc2ncnc3ccccc23)cc1C. The number of rotatable bonds is 4. The van der Waals surface area contributed by atoms with E-state index in [4.69, 9.17) is 0 Å². The Morgan fingerprint density at radius 2 is 1.95 bits per heavy atom. The lowest BCUT2D eigenvalue weighted by molar-refractivity contribution is 0.811. The first-order valence-corrected chi connectivity index (χ1v) is 7.71. The third-order valence-corrected chi connectivity index (χ3v) is 4.41. The fraction of sp³-hybridized carbons (Fsp3) is 0.176. The number of fused-ring (bicyclic) bond motifs is 1. The molecule has 0 radical (unpaired) electrons. The van der Waals surface area contributed by atoms with Gasteiger partial charge in [-0.1, -0.05) is 36.0 Å². The van der Waals surface area contributed by atoms with Gasteiger partial charge in [-0.3, -0.25) is 0 Å². The summed E-state index contributed by atoms with van der Waals surface area (Å²) in [5.74, 6) is 0. The maximum Gasteiger partial charge on any atom is 0.117 e. The first-order valence-electron chi connectivity index (χ1n) is 6.89. The summed E-state index contributed by atoms with van der Waals surface area (Å²) in [5, 5.41) is 5.29. The lowest BCUT2D eigenvalue weighted by Crippen LogP contribution is -2.06. The number of nitrogens with zero attached hydrogens (tertiary/aromatic N) is 2. The Labute approximate surface area is 128 Å². The summed E-state index contributed by atoms with van der Waals surface area (Å²) in [4.78, 5) is 9.94. The molecule has 1 heterocycles. The second-order valence-electron chi connectivity index (χ2n) is 4.92. The van der Waals surface area contributed by atoms with Gasteiger partial charge in [0.15, 0.2) is 0 Å². The molecule has 2 aromatic carbocycles. The van der Waals surface area contributed by atoms with Crippen molar-refractivity contribution in [2.45, 2.75) is 23.4 Å². The molecule has 0 spiro atoms. The van der Waals surface area contributed by atoms with Crippen LogP contribution in [0.1, 0.15) is 11.1 Å². The Hall–Kier alpha value is -1.91. The molecule has 0 bridgehead atoms. The topological polar surface area (TPSA) is 37.8 Å². The number of aryl methyl sites for hydroxylation is 1. The minimum atomic E-state index is 0.896. The molecule has 1 N–H and O–H groups in total. The Morgan fingerprint density at radius 3 is 2.76 bits per heavy atom. The van der Waals surface area contributed by atoms with Crippen molar-refractivity contribution in [3.63, 3.8) is 0 Å². The van der Waals surface area contributed by atoms with Crippen molar-refractivity contribution in [2.24, 2.45) is 0 Å². The van der Waals surface area contributed by atoms with Gasteiger partial charge in [0.1, 0.15) is 11.4 Å². The van der Waals surface area contributed by atoms with Crippen molar-refractivity contribution in [2.75, 3.05) is 7.05 Å². The van der Waals surface area contributed by atoms with Crippen LogP contribution in [0.2, 0.25) is 0 Å². The highest BCUT2D eigenvalue weighted by atomic mass is 32.2. The highest BCUT2D eigenvalue weighted by Gasteiger charge is 2.06. The summed E-state index contributed by atoms with van der Waals surface area (Å²) in [6, 6.07) is 14.7. The smallest absolute Gasteiger partial charge is 0.117 e.